The summed E-state index contributed by atoms with van der Waals surface area (Å²) in [5, 5.41) is 31.1. The fraction of sp³-hybridized carbons (Fsp3) is 0.373. The normalized spacial score (nSPS) is 14.8. The predicted octanol–water partition coefficient (Wildman–Crippen LogP) is 11.1. The Morgan fingerprint density at radius 2 is 1.53 bits per heavy atom. The lowest BCUT2D eigenvalue weighted by molar-refractivity contribution is -0.385. The second-order valence-corrected chi connectivity index (χ2v) is 27.0. The zero-order valence-corrected chi connectivity index (χ0v) is 55.8. The minimum absolute atomic E-state index is 0.0223. The average molecular weight is 1410 g/mol. The molecule has 2 amide bonds. The van der Waals surface area contributed by atoms with Crippen molar-refractivity contribution in [3.63, 3.8) is 0 Å². The number of amides is 2. The molecule has 1 heterocycles. The van der Waals surface area contributed by atoms with Gasteiger partial charge >= 0.3 is 11.9 Å². The Balaban J connectivity index is 0.000000303. The number of carboxylic acid groups (broad SMARTS) is 1. The number of esters is 1. The topological polar surface area (TPSA) is 367 Å². The van der Waals surface area contributed by atoms with Crippen LogP contribution in [-0.2, 0) is 54.3 Å². The van der Waals surface area contributed by atoms with Crippen LogP contribution in [0.1, 0.15) is 78.3 Å². The van der Waals surface area contributed by atoms with Crippen molar-refractivity contribution >= 4 is 139 Å². The molecule has 2 aliphatic rings. The SMILES string of the molecule is CC1COc2ccccc2N1C(=O)C(Cl)Cl.CCc1cccc(C)c1N(C(=O)CCl)C(C)COC.COC(=O)c1cc(Oc2ccc(Cl)cc2Cl)ccc1[N+](=O)[O-].CP(=O)(O)CCC(N)C(=O)O.CS(=O)(=O)c1ccc(C(=O)C2C(=O)CCCC2=O)c([N+](=O)[O-])c1. The third-order valence-electron chi connectivity index (χ3n) is 13.1. The molecule has 32 heteroatoms. The van der Waals surface area contributed by atoms with Gasteiger partial charge in [0, 0.05) is 62.3 Å². The number of carbonyl (C=O) groups excluding carboxylic acids is 6. The number of ketones is 3. The molecular formula is C59H67Cl5N5O20PS. The van der Waals surface area contributed by atoms with E-state index < -0.39 is 84.4 Å². The van der Waals surface area contributed by atoms with Crippen LogP contribution in [0, 0.1) is 33.1 Å². The van der Waals surface area contributed by atoms with Crippen molar-refractivity contribution in [2.45, 2.75) is 87.7 Å². The molecule has 1 saturated carbocycles. The molecule has 1 aliphatic heterocycles. The number of carbonyl (C=O) groups is 7. The average Bonchev–Trinajstić information content (AvgIpc) is 2.13. The molecule has 1 aliphatic carbocycles. The van der Waals surface area contributed by atoms with Gasteiger partial charge < -0.3 is 44.5 Å². The monoisotopic (exact) mass is 1400 g/mol. The number of aryl methyl sites for hydroxylation is 2. The van der Waals surface area contributed by atoms with Gasteiger partial charge in [0.1, 0.15) is 47.3 Å². The number of carboxylic acids is 1. The zero-order valence-electron chi connectivity index (χ0n) is 50.3. The van der Waals surface area contributed by atoms with Crippen molar-refractivity contribution in [2.24, 2.45) is 11.7 Å². The summed E-state index contributed by atoms with van der Waals surface area (Å²) in [7, 11) is -4.03. The Morgan fingerprint density at radius 1 is 0.901 bits per heavy atom. The van der Waals surface area contributed by atoms with Gasteiger partial charge in [-0.1, -0.05) is 83.7 Å². The highest BCUT2D eigenvalue weighted by atomic mass is 35.5. The van der Waals surface area contributed by atoms with Crippen LogP contribution in [0.2, 0.25) is 10.0 Å². The van der Waals surface area contributed by atoms with E-state index in [9.17, 15) is 66.8 Å². The van der Waals surface area contributed by atoms with Gasteiger partial charge in [0.05, 0.1) is 62.5 Å². The molecule has 25 nitrogen and oxygen atoms in total. The number of nitro groups is 2. The van der Waals surface area contributed by atoms with E-state index in [2.05, 4.69) is 17.7 Å². The van der Waals surface area contributed by atoms with Crippen LogP contribution >= 0.6 is 65.4 Å². The summed E-state index contributed by atoms with van der Waals surface area (Å²) in [6, 6.07) is 23.4. The third-order valence-corrected chi connectivity index (χ3v) is 16.5. The van der Waals surface area contributed by atoms with Gasteiger partial charge in [0.15, 0.2) is 39.4 Å². The van der Waals surface area contributed by atoms with Crippen LogP contribution in [0.15, 0.2) is 102 Å². The van der Waals surface area contributed by atoms with Crippen molar-refractivity contribution in [3.05, 3.63) is 150 Å². The lowest BCUT2D eigenvalue weighted by atomic mass is 9.81. The van der Waals surface area contributed by atoms with Crippen LogP contribution in [0.3, 0.4) is 0 Å². The molecule has 5 aromatic carbocycles. The molecule has 4 atom stereocenters. The van der Waals surface area contributed by atoms with Crippen LogP contribution in [0.5, 0.6) is 17.2 Å². The first kappa shape index (κ1) is 78.1. The maximum absolute atomic E-state index is 12.4. The van der Waals surface area contributed by atoms with Gasteiger partial charge in [-0.05, 0) is 99.7 Å². The summed E-state index contributed by atoms with van der Waals surface area (Å²) in [6.45, 7) is 10.1. The Labute approximate surface area is 549 Å². The molecule has 0 radical (unpaired) electrons. The van der Waals surface area contributed by atoms with Gasteiger partial charge in [0.25, 0.3) is 17.3 Å². The number of nitro benzene ring substituents is 2. The van der Waals surface area contributed by atoms with Crippen molar-refractivity contribution in [1.82, 2.24) is 0 Å². The number of aliphatic carboxylic acids is 1. The molecule has 494 valence electrons. The van der Waals surface area contributed by atoms with Crippen LogP contribution in [0.25, 0.3) is 0 Å². The fourth-order valence-corrected chi connectivity index (χ4v) is 10.9. The molecule has 91 heavy (non-hydrogen) atoms. The highest BCUT2D eigenvalue weighted by Gasteiger charge is 2.39. The van der Waals surface area contributed by atoms with E-state index in [0.29, 0.717) is 36.2 Å². The molecule has 4 unspecified atom stereocenters. The van der Waals surface area contributed by atoms with E-state index >= 15 is 0 Å². The Morgan fingerprint density at radius 3 is 2.05 bits per heavy atom. The maximum atomic E-state index is 12.4. The van der Waals surface area contributed by atoms with E-state index in [-0.39, 0.29) is 82.1 Å². The first-order chi connectivity index (χ1) is 42.5. The Kier molecular flexibility index (Phi) is 31.1. The van der Waals surface area contributed by atoms with Crippen LogP contribution in [-0.4, -0.2) is 145 Å². The molecule has 0 bridgehead atoms. The lowest BCUT2D eigenvalue weighted by Gasteiger charge is -2.35. The number of methoxy groups -OCH3 is 2. The van der Waals surface area contributed by atoms with E-state index in [1.807, 2.05) is 57.2 Å². The largest absolute Gasteiger partial charge is 0.489 e. The number of nitrogens with two attached hydrogens (primary N) is 1. The van der Waals surface area contributed by atoms with Gasteiger partial charge in [-0.25, -0.2) is 13.2 Å². The number of fused-ring (bicyclic) bond motifs is 1. The molecule has 0 spiro atoms. The van der Waals surface area contributed by atoms with E-state index in [0.717, 1.165) is 66.6 Å². The number of anilines is 2. The van der Waals surface area contributed by atoms with E-state index in [4.69, 9.17) is 87.9 Å². The summed E-state index contributed by atoms with van der Waals surface area (Å²) in [5.74, 6) is -4.82. The summed E-state index contributed by atoms with van der Waals surface area (Å²) in [6.07, 6.45) is 2.25. The van der Waals surface area contributed by atoms with Crippen molar-refractivity contribution in [2.75, 3.05) is 62.2 Å². The van der Waals surface area contributed by atoms with E-state index in [1.165, 1.54) is 24.9 Å². The van der Waals surface area contributed by atoms with Gasteiger partial charge in [-0.15, -0.1) is 11.6 Å². The van der Waals surface area contributed by atoms with Crippen molar-refractivity contribution in [3.8, 4) is 17.2 Å². The smallest absolute Gasteiger partial charge is 0.345 e. The molecule has 7 rings (SSSR count). The minimum Gasteiger partial charge on any atom is -0.489 e. The number of nitrogens with zero attached hydrogens (tertiary/aromatic N) is 4. The number of benzene rings is 5. The van der Waals surface area contributed by atoms with Gasteiger partial charge in [-0.3, -0.25) is 53.6 Å². The fourth-order valence-electron chi connectivity index (χ4n) is 8.72. The second-order valence-electron chi connectivity index (χ2n) is 20.2. The van der Waals surface area contributed by atoms with Crippen LogP contribution < -0.4 is 25.0 Å². The first-order valence-corrected chi connectivity index (χ1v) is 33.5. The van der Waals surface area contributed by atoms with Crippen molar-refractivity contribution < 1.29 is 85.3 Å². The Hall–Kier alpha value is -7.10. The number of rotatable bonds is 19. The number of hydrogen-bond acceptors (Lipinski definition) is 19. The van der Waals surface area contributed by atoms with Crippen molar-refractivity contribution in [1.29, 1.82) is 0 Å². The summed E-state index contributed by atoms with van der Waals surface area (Å²) in [5.41, 5.74) is 7.27. The van der Waals surface area contributed by atoms with Crippen LogP contribution in [0.4, 0.5) is 22.7 Å². The van der Waals surface area contributed by atoms with Gasteiger partial charge in [-0.2, -0.15) is 0 Å². The zero-order chi connectivity index (χ0) is 68.8. The van der Waals surface area contributed by atoms with Gasteiger partial charge in [0.2, 0.25) is 5.91 Å². The summed E-state index contributed by atoms with van der Waals surface area (Å²) < 4.78 is 54.3. The number of para-hydroxylation sites is 3. The summed E-state index contributed by atoms with van der Waals surface area (Å²) in [4.78, 5) is 113. The lowest BCUT2D eigenvalue weighted by Crippen LogP contribution is -2.47. The number of alkyl halides is 3. The maximum Gasteiger partial charge on any atom is 0.345 e. The predicted molar refractivity (Wildman–Crippen MR) is 344 cm³/mol. The van der Waals surface area contributed by atoms with E-state index in [1.54, 1.807) is 29.0 Å². The highest BCUT2D eigenvalue weighted by Crippen LogP contribution is 2.38. The number of ether oxygens (including phenoxy) is 4. The standard InChI is InChI=1S/C15H22ClNO2.C14H9Cl2NO5.C14H13NO7S.C11H11Cl2NO2.C5H12NO4P/c1-5-13-8-6-7-11(2)15(13)17(14(18)9-16)12(3)10-19-4;1-21-14(18)10-7-9(3-4-12(10)17(19)20)22-13-5-2-8(15)6-11(13)16;1-23(21,22)8-5-6-9(10(7-8)15(19)20)14(18)13-11(16)3-2-4-12(13)17;1-7-6-16-9-5-3-2-4-8(9)14(7)11(15)10(12)13;1-11(9,10)3-2-4(6)5(7)8/h6-8,12H,5,9-10H2,1-4H3;2-7H,1H3;5-7,13H,2-4H2,1H3;2-5,7,10H,6H2,1H3;4H,2-3,6H2,1H3,(H,7,8)(H,9,10). The Bertz CT molecular complexity index is 3630. The highest BCUT2D eigenvalue weighted by molar-refractivity contribution is 7.90. The second kappa shape index (κ2) is 36.2. The first-order valence-electron chi connectivity index (χ1n) is 27.2. The molecular weight excluding hydrogens is 1340 g/mol. The number of hydrogen-bond donors (Lipinski definition) is 3. The number of Topliss-reactive ketones (excluding diaryl/α,β-unsaturated/α-hetero) is 3. The molecule has 0 aromatic heterocycles. The number of halogens is 5. The summed E-state index contributed by atoms with van der Waals surface area (Å²) >= 11 is 28.8. The molecule has 0 saturated heterocycles. The molecule has 1 fully saturated rings. The minimum atomic E-state index is -3.70. The third kappa shape index (κ3) is 23.2. The quantitative estimate of drug-likeness (QED) is 0.0131. The number of sulfone groups is 1. The molecule has 4 N–H and O–H groups in total. The molecule has 5 aromatic rings.